The second-order valence-electron chi connectivity index (χ2n) is 6.77. The van der Waals surface area contributed by atoms with E-state index in [0.717, 1.165) is 0 Å². The van der Waals surface area contributed by atoms with E-state index < -0.39 is 58.7 Å². The maximum Gasteiger partial charge on any atom is 0.252 e. The van der Waals surface area contributed by atoms with Crippen molar-refractivity contribution in [3.05, 3.63) is 64.7 Å². The smallest absolute Gasteiger partial charge is 0.252 e. The summed E-state index contributed by atoms with van der Waals surface area (Å²) in [4.78, 5) is 24.6. The second kappa shape index (κ2) is 6.74. The van der Waals surface area contributed by atoms with E-state index in [1.54, 1.807) is 0 Å². The minimum Gasteiger partial charge on any atom is -0.485 e. The van der Waals surface area contributed by atoms with Crippen molar-refractivity contribution in [1.29, 1.82) is 0 Å². The molecule has 1 heterocycles. The van der Waals surface area contributed by atoms with Crippen LogP contribution in [0.5, 0.6) is 5.75 Å². The molecule has 2 aromatic carbocycles. The number of rotatable bonds is 3. The third-order valence-corrected chi connectivity index (χ3v) is 4.28. The zero-order valence-electron chi connectivity index (χ0n) is 17.8. The van der Waals surface area contributed by atoms with Crippen LogP contribution in [0.25, 0.3) is 0 Å². The molecule has 0 aromatic heterocycles. The van der Waals surface area contributed by atoms with Gasteiger partial charge in [-0.3, -0.25) is 9.59 Å². The molecule has 0 fully saturated rings. The van der Waals surface area contributed by atoms with E-state index in [2.05, 4.69) is 5.32 Å². The van der Waals surface area contributed by atoms with Crippen molar-refractivity contribution < 1.29 is 32.3 Å². The molecule has 2 atom stereocenters. The largest absolute Gasteiger partial charge is 0.485 e. The zero-order valence-corrected chi connectivity index (χ0v) is 14.8. The lowest BCUT2D eigenvalue weighted by Crippen LogP contribution is -2.53. The number of benzene rings is 2. The summed E-state index contributed by atoms with van der Waals surface area (Å²) < 4.78 is 57.0. The van der Waals surface area contributed by atoms with Crippen LogP contribution in [0.2, 0.25) is 0 Å². The summed E-state index contributed by atoms with van der Waals surface area (Å²) >= 11 is 0. The highest BCUT2D eigenvalue weighted by Gasteiger charge is 2.43. The highest BCUT2D eigenvalue weighted by Crippen LogP contribution is 2.40. The summed E-state index contributed by atoms with van der Waals surface area (Å²) in [6, 6.07) is -0.348. The van der Waals surface area contributed by atoms with Crippen LogP contribution in [-0.2, 0) is 0 Å². The molecule has 0 spiro atoms. The SMILES string of the molecule is [3H]c1c(F)cc(F)c([3H])c1C(=O)N[C@H]1c2c(ccc(C(C)=O)c2[3H])OC(C)(C)[C@@H]1O. The van der Waals surface area contributed by atoms with Gasteiger partial charge in [-0.05, 0) is 51.0 Å². The number of nitrogens with one attached hydrogen (secondary N) is 1. The molecular formula is C20H19F2NO4. The van der Waals surface area contributed by atoms with Gasteiger partial charge in [0, 0.05) is 22.8 Å². The first-order chi connectivity index (χ1) is 13.9. The molecule has 0 saturated heterocycles. The van der Waals surface area contributed by atoms with Crippen LogP contribution < -0.4 is 10.1 Å². The van der Waals surface area contributed by atoms with Gasteiger partial charge in [-0.2, -0.15) is 0 Å². The standard InChI is InChI=1S/C20H19F2NO4/c1-10(24)11-4-5-16-15(8-11)17(18(25)20(2,3)27-16)23-19(26)12-6-13(21)9-14(22)7-12/h4-9,17-18,25H,1-3H3,(H,23,26)/t17-,18+/m0/s1/i6T,7T,8T. The van der Waals surface area contributed by atoms with Crippen molar-refractivity contribution in [3.8, 4) is 5.75 Å². The van der Waals surface area contributed by atoms with Gasteiger partial charge >= 0.3 is 0 Å². The number of carbonyl (C=O) groups excluding carboxylic acids is 2. The predicted molar refractivity (Wildman–Crippen MR) is 93.7 cm³/mol. The Morgan fingerprint density at radius 2 is 1.81 bits per heavy atom. The average molecular weight is 381 g/mol. The maximum atomic E-state index is 13.8. The summed E-state index contributed by atoms with van der Waals surface area (Å²) in [7, 11) is 0. The molecular weight excluding hydrogens is 356 g/mol. The molecule has 2 N–H and O–H groups in total. The Hall–Kier alpha value is -2.80. The van der Waals surface area contributed by atoms with Crippen LogP contribution >= 0.6 is 0 Å². The summed E-state index contributed by atoms with van der Waals surface area (Å²) in [5.41, 5.74) is -2.03. The lowest BCUT2D eigenvalue weighted by atomic mass is 9.85. The van der Waals surface area contributed by atoms with Gasteiger partial charge < -0.3 is 15.2 Å². The van der Waals surface area contributed by atoms with E-state index in [4.69, 9.17) is 8.85 Å². The van der Waals surface area contributed by atoms with Crippen LogP contribution in [0.15, 0.2) is 36.3 Å². The molecule has 142 valence electrons. The van der Waals surface area contributed by atoms with Gasteiger partial charge in [0.1, 0.15) is 29.1 Å². The van der Waals surface area contributed by atoms with E-state index in [9.17, 15) is 23.5 Å². The Balaban J connectivity index is 2.14. The molecule has 7 heteroatoms. The van der Waals surface area contributed by atoms with Gasteiger partial charge in [0.05, 0.1) is 10.2 Å². The predicted octanol–water partition coefficient (Wildman–Crippen LogP) is 3.17. The van der Waals surface area contributed by atoms with Crippen molar-refractivity contribution >= 4 is 11.7 Å². The number of ether oxygens (including phenoxy) is 1. The van der Waals surface area contributed by atoms with Crippen LogP contribution in [-0.4, -0.2) is 28.5 Å². The molecule has 0 aliphatic carbocycles. The fraction of sp³-hybridized carbons (Fsp3) is 0.300. The molecule has 0 bridgehead atoms. The molecule has 2 aromatic rings. The van der Waals surface area contributed by atoms with E-state index >= 15 is 0 Å². The number of aliphatic hydroxyl groups is 1. The molecule has 0 unspecified atom stereocenters. The zero-order chi connectivity index (χ0) is 22.5. The van der Waals surface area contributed by atoms with E-state index in [1.165, 1.54) is 32.9 Å². The Labute approximate surface area is 159 Å². The first-order valence-corrected chi connectivity index (χ1v) is 8.14. The first-order valence-electron chi connectivity index (χ1n) is 9.64. The third-order valence-electron chi connectivity index (χ3n) is 4.28. The van der Waals surface area contributed by atoms with E-state index in [1.807, 2.05) is 0 Å². The fourth-order valence-corrected chi connectivity index (χ4v) is 2.86. The van der Waals surface area contributed by atoms with Gasteiger partial charge in [0.25, 0.3) is 5.91 Å². The van der Waals surface area contributed by atoms with Gasteiger partial charge in [0.2, 0.25) is 0 Å². The Kier molecular flexibility index (Phi) is 3.81. The first kappa shape index (κ1) is 15.3. The fourth-order valence-electron chi connectivity index (χ4n) is 2.86. The van der Waals surface area contributed by atoms with Crippen molar-refractivity contribution in [3.63, 3.8) is 0 Å². The number of hydrogen-bond donors (Lipinski definition) is 2. The minimum absolute atomic E-state index is 0.0119. The number of amides is 1. The van der Waals surface area contributed by atoms with Crippen molar-refractivity contribution in [2.45, 2.75) is 38.5 Å². The molecule has 27 heavy (non-hydrogen) atoms. The van der Waals surface area contributed by atoms with Crippen LogP contribution in [0.4, 0.5) is 8.78 Å². The minimum atomic E-state index is -1.41. The number of Topliss-reactive ketones (excluding diaryl/α,β-unsaturated/α-hetero) is 1. The highest BCUT2D eigenvalue weighted by molar-refractivity contribution is 5.95. The van der Waals surface area contributed by atoms with Gasteiger partial charge in [-0.15, -0.1) is 0 Å². The third kappa shape index (κ3) is 3.68. The molecule has 3 rings (SSSR count). The van der Waals surface area contributed by atoms with Gasteiger partial charge in [-0.1, -0.05) is 0 Å². The molecule has 0 saturated carbocycles. The summed E-state index contributed by atoms with van der Waals surface area (Å²) in [5, 5.41) is 13.2. The molecule has 1 aliphatic heterocycles. The monoisotopic (exact) mass is 381 g/mol. The van der Waals surface area contributed by atoms with Gasteiger partial charge in [-0.25, -0.2) is 8.78 Å². The van der Waals surface area contributed by atoms with E-state index in [-0.39, 0.29) is 22.9 Å². The summed E-state index contributed by atoms with van der Waals surface area (Å²) in [5.74, 6) is -4.08. The maximum absolute atomic E-state index is 13.8. The van der Waals surface area contributed by atoms with Gasteiger partial charge in [0.15, 0.2) is 5.78 Å². The Morgan fingerprint density at radius 1 is 1.19 bits per heavy atom. The van der Waals surface area contributed by atoms with Crippen LogP contribution in [0, 0.1) is 11.6 Å². The normalized spacial score (nSPS) is 21.9. The lowest BCUT2D eigenvalue weighted by molar-refractivity contribution is -0.0627. The molecule has 1 amide bonds. The molecule has 1 aliphatic rings. The number of fused-ring (bicyclic) bond motifs is 1. The number of ketones is 1. The number of hydrogen-bond acceptors (Lipinski definition) is 4. The lowest BCUT2D eigenvalue weighted by Gasteiger charge is -2.42. The Morgan fingerprint density at radius 3 is 2.41 bits per heavy atom. The topological polar surface area (TPSA) is 75.6 Å². The quantitative estimate of drug-likeness (QED) is 0.801. The van der Waals surface area contributed by atoms with E-state index in [0.29, 0.717) is 6.07 Å². The highest BCUT2D eigenvalue weighted by atomic mass is 19.1. The van der Waals surface area contributed by atoms with Crippen molar-refractivity contribution in [2.24, 2.45) is 0 Å². The summed E-state index contributed by atoms with van der Waals surface area (Å²) in [6.45, 7) is 4.33. The second-order valence-corrected chi connectivity index (χ2v) is 6.77. The van der Waals surface area contributed by atoms with Crippen LogP contribution in [0.1, 0.15) is 57.2 Å². The average Bonchev–Trinajstić information content (AvgIpc) is 2.63. The van der Waals surface area contributed by atoms with Crippen molar-refractivity contribution in [2.75, 3.05) is 0 Å². The van der Waals surface area contributed by atoms with Crippen molar-refractivity contribution in [1.82, 2.24) is 5.32 Å². The Bertz CT molecular complexity index is 1050. The number of aliphatic hydroxyl groups excluding tert-OH is 1. The molecule has 5 nitrogen and oxygen atoms in total. The number of halogens is 2. The molecule has 0 radical (unpaired) electrons. The summed E-state index contributed by atoms with van der Waals surface area (Å²) in [6.07, 6.45) is -1.41. The van der Waals surface area contributed by atoms with Crippen LogP contribution in [0.3, 0.4) is 0 Å². The number of carbonyl (C=O) groups is 2.